The molecule has 0 radical (unpaired) electrons. The molecule has 7 heteroatoms. The number of methoxy groups -OCH3 is 1. The van der Waals surface area contributed by atoms with E-state index in [4.69, 9.17) is 10.5 Å². The third kappa shape index (κ3) is 6.43. The maximum absolute atomic E-state index is 12.0. The van der Waals surface area contributed by atoms with Crippen LogP contribution in [0.15, 0.2) is 24.3 Å². The van der Waals surface area contributed by atoms with Gasteiger partial charge in [0.15, 0.2) is 0 Å². The van der Waals surface area contributed by atoms with E-state index in [-0.39, 0.29) is 36.3 Å². The molecule has 0 saturated heterocycles. The van der Waals surface area contributed by atoms with E-state index in [9.17, 15) is 9.59 Å². The second-order valence-corrected chi connectivity index (χ2v) is 5.73. The Hall–Kier alpha value is -1.63. The Morgan fingerprint density at radius 1 is 1.23 bits per heavy atom. The molecule has 2 amide bonds. The first-order chi connectivity index (χ1) is 9.76. The zero-order valence-corrected chi connectivity index (χ0v) is 14.1. The van der Waals surface area contributed by atoms with E-state index in [1.807, 2.05) is 20.8 Å². The molecule has 0 heterocycles. The number of rotatable bonds is 5. The molecule has 0 bridgehead atoms. The normalized spacial score (nSPS) is 12.0. The van der Waals surface area contributed by atoms with Crippen molar-refractivity contribution < 1.29 is 14.3 Å². The first-order valence-corrected chi connectivity index (χ1v) is 6.73. The molecule has 0 aliphatic carbocycles. The number of amides is 2. The number of carbonyl (C=O) groups is 2. The van der Waals surface area contributed by atoms with Gasteiger partial charge in [-0.3, -0.25) is 9.59 Å². The summed E-state index contributed by atoms with van der Waals surface area (Å²) in [5, 5.41) is 5.55. The van der Waals surface area contributed by atoms with E-state index in [1.54, 1.807) is 24.3 Å². The minimum atomic E-state index is -0.686. The second-order valence-electron chi connectivity index (χ2n) is 5.73. The molecule has 124 valence electrons. The summed E-state index contributed by atoms with van der Waals surface area (Å²) in [6.45, 7) is 5.85. The zero-order valence-electron chi connectivity index (χ0n) is 13.3. The quantitative estimate of drug-likeness (QED) is 0.764. The summed E-state index contributed by atoms with van der Waals surface area (Å²) in [4.78, 5) is 23.7. The number of anilines is 1. The largest absolute Gasteiger partial charge is 0.370 e. The van der Waals surface area contributed by atoms with E-state index in [1.165, 1.54) is 7.11 Å². The summed E-state index contributed by atoms with van der Waals surface area (Å²) in [6, 6.07) is 6.64. The molecule has 0 aliphatic heterocycles. The van der Waals surface area contributed by atoms with Crippen molar-refractivity contribution in [1.82, 2.24) is 5.32 Å². The van der Waals surface area contributed by atoms with Gasteiger partial charge in [0, 0.05) is 30.4 Å². The predicted octanol–water partition coefficient (Wildman–Crippen LogP) is 1.55. The lowest BCUT2D eigenvalue weighted by molar-refractivity contribution is -0.125. The van der Waals surface area contributed by atoms with Gasteiger partial charge in [0.05, 0.1) is 0 Å². The number of nitrogens with two attached hydrogens (primary N) is 1. The average Bonchev–Trinajstić information content (AvgIpc) is 2.39. The third-order valence-electron chi connectivity index (χ3n) is 2.69. The Bertz CT molecular complexity index is 494. The van der Waals surface area contributed by atoms with Crippen LogP contribution in [0.5, 0.6) is 0 Å². The van der Waals surface area contributed by atoms with Crippen LogP contribution in [0.3, 0.4) is 0 Å². The lowest BCUT2D eigenvalue weighted by atomic mass is 10.1. The predicted molar refractivity (Wildman–Crippen MR) is 89.4 cm³/mol. The lowest BCUT2D eigenvalue weighted by Gasteiger charge is -2.20. The van der Waals surface area contributed by atoms with Crippen molar-refractivity contribution >= 4 is 29.9 Å². The molecule has 4 N–H and O–H groups in total. The average molecular weight is 330 g/mol. The first kappa shape index (κ1) is 20.4. The van der Waals surface area contributed by atoms with E-state index in [2.05, 4.69) is 10.6 Å². The van der Waals surface area contributed by atoms with Gasteiger partial charge in [0.2, 0.25) is 0 Å². The van der Waals surface area contributed by atoms with E-state index < -0.39 is 6.10 Å². The molecule has 0 aliphatic rings. The smallest absolute Gasteiger partial charge is 0.254 e. The van der Waals surface area contributed by atoms with Crippen LogP contribution in [0.2, 0.25) is 0 Å². The van der Waals surface area contributed by atoms with Gasteiger partial charge >= 0.3 is 0 Å². The van der Waals surface area contributed by atoms with Crippen LogP contribution in [0, 0.1) is 0 Å². The molecule has 1 atom stereocenters. The summed E-state index contributed by atoms with van der Waals surface area (Å²) in [7, 11) is 1.43. The van der Waals surface area contributed by atoms with Crippen LogP contribution in [0.25, 0.3) is 0 Å². The Morgan fingerprint density at radius 2 is 1.77 bits per heavy atom. The summed E-state index contributed by atoms with van der Waals surface area (Å²) in [6.07, 6.45) is -0.686. The fourth-order valence-corrected chi connectivity index (χ4v) is 1.65. The standard InChI is InChI=1S/C15H23N3O3.ClH/c1-15(2,3)18-13(19)10-5-7-11(8-6-10)17-14(20)12(9-16)21-4;/h5-8,12H,9,16H2,1-4H3,(H,17,20)(H,18,19);1H. The minimum absolute atomic E-state index is 0. The van der Waals surface area contributed by atoms with Gasteiger partial charge in [-0.15, -0.1) is 12.4 Å². The molecule has 0 fully saturated rings. The van der Waals surface area contributed by atoms with Crippen molar-refractivity contribution in [1.29, 1.82) is 0 Å². The summed E-state index contributed by atoms with van der Waals surface area (Å²) in [5.41, 5.74) is 6.25. The van der Waals surface area contributed by atoms with Crippen LogP contribution >= 0.6 is 12.4 Å². The highest BCUT2D eigenvalue weighted by atomic mass is 35.5. The van der Waals surface area contributed by atoms with Gasteiger partial charge in [-0.2, -0.15) is 0 Å². The highest BCUT2D eigenvalue weighted by Crippen LogP contribution is 2.11. The van der Waals surface area contributed by atoms with Gasteiger partial charge in [-0.1, -0.05) is 0 Å². The molecule has 6 nitrogen and oxygen atoms in total. The molecule has 22 heavy (non-hydrogen) atoms. The van der Waals surface area contributed by atoms with Gasteiger partial charge in [0.1, 0.15) is 6.10 Å². The fraction of sp³-hybridized carbons (Fsp3) is 0.467. The number of benzene rings is 1. The molecule has 0 saturated carbocycles. The molecular formula is C15H24ClN3O3. The molecular weight excluding hydrogens is 306 g/mol. The van der Waals surface area contributed by atoms with E-state index >= 15 is 0 Å². The van der Waals surface area contributed by atoms with Crippen LogP contribution in [-0.2, 0) is 9.53 Å². The molecule has 0 aromatic heterocycles. The van der Waals surface area contributed by atoms with Crippen molar-refractivity contribution in [2.75, 3.05) is 19.0 Å². The first-order valence-electron chi connectivity index (χ1n) is 6.73. The van der Waals surface area contributed by atoms with Crippen molar-refractivity contribution in [2.45, 2.75) is 32.4 Å². The van der Waals surface area contributed by atoms with Crippen molar-refractivity contribution in [2.24, 2.45) is 5.73 Å². The Morgan fingerprint density at radius 3 is 2.18 bits per heavy atom. The van der Waals surface area contributed by atoms with Crippen molar-refractivity contribution in [3.05, 3.63) is 29.8 Å². The SMILES string of the molecule is COC(CN)C(=O)Nc1ccc(C(=O)NC(C)(C)C)cc1.Cl. The highest BCUT2D eigenvalue weighted by molar-refractivity contribution is 5.97. The van der Waals surface area contributed by atoms with E-state index in [0.29, 0.717) is 11.3 Å². The van der Waals surface area contributed by atoms with Gasteiger partial charge < -0.3 is 21.1 Å². The summed E-state index contributed by atoms with van der Waals surface area (Å²) >= 11 is 0. The minimum Gasteiger partial charge on any atom is -0.370 e. The number of halogens is 1. The van der Waals surface area contributed by atoms with Crippen LogP contribution in [0.4, 0.5) is 5.69 Å². The Balaban J connectivity index is 0.00000441. The number of carbonyl (C=O) groups excluding carboxylic acids is 2. The Labute approximate surface area is 137 Å². The topological polar surface area (TPSA) is 93.4 Å². The monoisotopic (exact) mass is 329 g/mol. The molecule has 1 rings (SSSR count). The van der Waals surface area contributed by atoms with Crippen LogP contribution in [0.1, 0.15) is 31.1 Å². The van der Waals surface area contributed by atoms with Gasteiger partial charge in [-0.05, 0) is 45.0 Å². The maximum Gasteiger partial charge on any atom is 0.254 e. The van der Waals surface area contributed by atoms with Crippen molar-refractivity contribution in [3.63, 3.8) is 0 Å². The van der Waals surface area contributed by atoms with Gasteiger partial charge in [-0.25, -0.2) is 0 Å². The summed E-state index contributed by atoms with van der Waals surface area (Å²) < 4.78 is 4.95. The maximum atomic E-state index is 12.0. The summed E-state index contributed by atoms with van der Waals surface area (Å²) in [5.74, 6) is -0.469. The Kier molecular flexibility index (Phi) is 8.08. The fourth-order valence-electron chi connectivity index (χ4n) is 1.65. The van der Waals surface area contributed by atoms with Gasteiger partial charge in [0.25, 0.3) is 11.8 Å². The number of ether oxygens (including phenoxy) is 1. The molecule has 0 spiro atoms. The number of hydrogen-bond acceptors (Lipinski definition) is 4. The molecule has 1 aromatic rings. The number of hydrogen-bond donors (Lipinski definition) is 3. The van der Waals surface area contributed by atoms with Crippen LogP contribution < -0.4 is 16.4 Å². The zero-order chi connectivity index (χ0) is 16.0. The highest BCUT2D eigenvalue weighted by Gasteiger charge is 2.17. The van der Waals surface area contributed by atoms with Crippen molar-refractivity contribution in [3.8, 4) is 0 Å². The molecule has 1 unspecified atom stereocenters. The van der Waals surface area contributed by atoms with Crippen LogP contribution in [-0.4, -0.2) is 37.1 Å². The molecule has 1 aromatic carbocycles. The second kappa shape index (κ2) is 8.73. The lowest BCUT2D eigenvalue weighted by Crippen LogP contribution is -2.40. The van der Waals surface area contributed by atoms with E-state index in [0.717, 1.165) is 0 Å². The third-order valence-corrected chi connectivity index (χ3v) is 2.69. The number of nitrogens with one attached hydrogen (secondary N) is 2.